The SMILES string of the molecule is O=C(O)C1CCN(c2nc(N3CCN(c4cccnc4)CC3)nc3c2ncn3-c2ccncc2)C1. The fourth-order valence-corrected chi connectivity index (χ4v) is 4.79. The highest BCUT2D eigenvalue weighted by atomic mass is 16.4. The van der Waals surface area contributed by atoms with Gasteiger partial charge in [0.2, 0.25) is 5.95 Å². The largest absolute Gasteiger partial charge is 0.481 e. The molecule has 2 aliphatic rings. The van der Waals surface area contributed by atoms with Crippen molar-refractivity contribution in [1.82, 2.24) is 29.5 Å². The number of piperazine rings is 1. The summed E-state index contributed by atoms with van der Waals surface area (Å²) in [5.41, 5.74) is 3.39. The van der Waals surface area contributed by atoms with Gasteiger partial charge < -0.3 is 19.8 Å². The number of anilines is 3. The number of imidazole rings is 1. The molecule has 0 amide bonds. The fourth-order valence-electron chi connectivity index (χ4n) is 4.79. The maximum Gasteiger partial charge on any atom is 0.308 e. The molecule has 2 saturated heterocycles. The molecule has 6 rings (SSSR count). The molecule has 1 atom stereocenters. The second kappa shape index (κ2) is 8.82. The summed E-state index contributed by atoms with van der Waals surface area (Å²) < 4.78 is 1.93. The first-order valence-electron chi connectivity index (χ1n) is 11.7. The highest BCUT2D eigenvalue weighted by Crippen LogP contribution is 2.31. The summed E-state index contributed by atoms with van der Waals surface area (Å²) in [7, 11) is 0. The van der Waals surface area contributed by atoms with Gasteiger partial charge in [-0.2, -0.15) is 9.97 Å². The Kier molecular flexibility index (Phi) is 5.36. The third-order valence-corrected chi connectivity index (χ3v) is 6.72. The lowest BCUT2D eigenvalue weighted by atomic mass is 10.1. The van der Waals surface area contributed by atoms with Crippen LogP contribution in [0.25, 0.3) is 16.9 Å². The zero-order valence-electron chi connectivity index (χ0n) is 19.1. The van der Waals surface area contributed by atoms with E-state index in [2.05, 4.69) is 30.8 Å². The number of hydrogen-bond donors (Lipinski definition) is 1. The maximum atomic E-state index is 11.6. The summed E-state index contributed by atoms with van der Waals surface area (Å²) in [6.45, 7) is 4.23. The van der Waals surface area contributed by atoms with Crippen LogP contribution < -0.4 is 14.7 Å². The molecule has 6 heterocycles. The van der Waals surface area contributed by atoms with E-state index in [4.69, 9.17) is 9.97 Å². The topological polar surface area (TPSA) is 116 Å². The molecule has 2 fully saturated rings. The molecule has 1 unspecified atom stereocenters. The Labute approximate surface area is 201 Å². The van der Waals surface area contributed by atoms with E-state index in [0.29, 0.717) is 42.4 Å². The van der Waals surface area contributed by atoms with E-state index in [1.54, 1.807) is 24.9 Å². The number of carbonyl (C=O) groups is 1. The second-order valence-electron chi connectivity index (χ2n) is 8.79. The monoisotopic (exact) mass is 471 g/mol. The summed E-state index contributed by atoms with van der Waals surface area (Å²) in [5.74, 6) is 0.143. The number of aliphatic carboxylic acids is 1. The van der Waals surface area contributed by atoms with Crippen molar-refractivity contribution in [2.45, 2.75) is 6.42 Å². The first-order valence-corrected chi connectivity index (χ1v) is 11.7. The van der Waals surface area contributed by atoms with Gasteiger partial charge in [-0.3, -0.25) is 19.3 Å². The van der Waals surface area contributed by atoms with Crippen molar-refractivity contribution in [3.63, 3.8) is 0 Å². The molecular weight excluding hydrogens is 446 g/mol. The van der Waals surface area contributed by atoms with E-state index in [-0.39, 0.29) is 0 Å². The molecule has 0 radical (unpaired) electrons. The minimum absolute atomic E-state index is 0.409. The Morgan fingerprint density at radius 3 is 2.40 bits per heavy atom. The molecule has 0 bridgehead atoms. The molecule has 0 aliphatic carbocycles. The molecule has 178 valence electrons. The van der Waals surface area contributed by atoms with Crippen molar-refractivity contribution in [1.29, 1.82) is 0 Å². The van der Waals surface area contributed by atoms with E-state index < -0.39 is 11.9 Å². The van der Waals surface area contributed by atoms with Gasteiger partial charge >= 0.3 is 5.97 Å². The minimum Gasteiger partial charge on any atom is -0.481 e. The number of rotatable bonds is 5. The van der Waals surface area contributed by atoms with Crippen molar-refractivity contribution in [3.8, 4) is 5.69 Å². The molecule has 11 nitrogen and oxygen atoms in total. The van der Waals surface area contributed by atoms with E-state index >= 15 is 0 Å². The molecule has 1 N–H and O–H groups in total. The molecule has 4 aromatic heterocycles. The third kappa shape index (κ3) is 3.98. The minimum atomic E-state index is -0.771. The predicted octanol–water partition coefficient (Wildman–Crippen LogP) is 1.84. The Bertz CT molecular complexity index is 1340. The lowest BCUT2D eigenvalue weighted by Gasteiger charge is -2.36. The number of nitrogens with zero attached hydrogens (tertiary/aromatic N) is 9. The first kappa shape index (κ1) is 21.3. The molecule has 11 heteroatoms. The zero-order valence-corrected chi connectivity index (χ0v) is 19.1. The van der Waals surface area contributed by atoms with Gasteiger partial charge in [-0.05, 0) is 30.7 Å². The fraction of sp³-hybridized carbons (Fsp3) is 0.333. The third-order valence-electron chi connectivity index (χ3n) is 6.72. The number of aromatic nitrogens is 6. The molecule has 2 aliphatic heterocycles. The predicted molar refractivity (Wildman–Crippen MR) is 131 cm³/mol. The molecule has 0 aromatic carbocycles. The zero-order chi connectivity index (χ0) is 23.8. The Morgan fingerprint density at radius 1 is 0.886 bits per heavy atom. The number of hydrogen-bond acceptors (Lipinski definition) is 9. The smallest absolute Gasteiger partial charge is 0.308 e. The summed E-state index contributed by atoms with van der Waals surface area (Å²) in [6.07, 6.45) is 9.47. The Hall–Kier alpha value is -4.28. The quantitative estimate of drug-likeness (QED) is 0.462. The number of carboxylic acid groups (broad SMARTS) is 1. The van der Waals surface area contributed by atoms with Crippen molar-refractivity contribution in [2.24, 2.45) is 5.92 Å². The van der Waals surface area contributed by atoms with Crippen molar-refractivity contribution in [2.75, 3.05) is 54.0 Å². The van der Waals surface area contributed by atoms with E-state index in [1.807, 2.05) is 33.9 Å². The van der Waals surface area contributed by atoms with Crippen LogP contribution in [0.3, 0.4) is 0 Å². The average molecular weight is 472 g/mol. The normalized spacial score (nSPS) is 18.4. The van der Waals surface area contributed by atoms with Crippen LogP contribution in [0.5, 0.6) is 0 Å². The maximum absolute atomic E-state index is 11.6. The van der Waals surface area contributed by atoms with Gasteiger partial charge in [-0.25, -0.2) is 4.98 Å². The van der Waals surface area contributed by atoms with E-state index in [0.717, 1.165) is 37.6 Å². The standard InChI is InChI=1S/C24H25N9O2/c34-23(35)17-5-9-32(15-17)21-20-22(33(16-27-20)18-3-7-25-8-4-18)29-24(28-21)31-12-10-30(11-13-31)19-2-1-6-26-14-19/h1-4,6-8,14,16-17H,5,9-13,15H2,(H,34,35). The second-order valence-corrected chi connectivity index (χ2v) is 8.79. The highest BCUT2D eigenvalue weighted by molar-refractivity contribution is 5.87. The molecule has 0 spiro atoms. The average Bonchev–Trinajstić information content (AvgIpc) is 3.57. The van der Waals surface area contributed by atoms with Crippen molar-refractivity contribution < 1.29 is 9.90 Å². The van der Waals surface area contributed by atoms with E-state index in [1.165, 1.54) is 0 Å². The number of pyridine rings is 2. The van der Waals surface area contributed by atoms with Gasteiger partial charge in [0.25, 0.3) is 0 Å². The lowest BCUT2D eigenvalue weighted by Crippen LogP contribution is -2.47. The van der Waals surface area contributed by atoms with E-state index in [9.17, 15) is 9.90 Å². The lowest BCUT2D eigenvalue weighted by molar-refractivity contribution is -0.140. The van der Waals surface area contributed by atoms with Gasteiger partial charge in [0.15, 0.2) is 17.0 Å². The van der Waals surface area contributed by atoms with Gasteiger partial charge in [-0.15, -0.1) is 0 Å². The van der Waals surface area contributed by atoms with Crippen LogP contribution in [-0.2, 0) is 4.79 Å². The van der Waals surface area contributed by atoms with Gasteiger partial charge in [-0.1, -0.05) is 0 Å². The Morgan fingerprint density at radius 2 is 1.69 bits per heavy atom. The van der Waals surface area contributed by atoms with Crippen LogP contribution in [0.1, 0.15) is 6.42 Å². The van der Waals surface area contributed by atoms with Crippen molar-refractivity contribution >= 4 is 34.6 Å². The van der Waals surface area contributed by atoms with Crippen LogP contribution in [0.2, 0.25) is 0 Å². The highest BCUT2D eigenvalue weighted by Gasteiger charge is 2.32. The summed E-state index contributed by atoms with van der Waals surface area (Å²) in [4.78, 5) is 41.0. The summed E-state index contributed by atoms with van der Waals surface area (Å²) in [5, 5.41) is 9.52. The summed E-state index contributed by atoms with van der Waals surface area (Å²) in [6, 6.07) is 7.84. The first-order chi connectivity index (χ1) is 17.2. The number of carboxylic acids is 1. The van der Waals surface area contributed by atoms with Gasteiger partial charge in [0.1, 0.15) is 6.33 Å². The van der Waals surface area contributed by atoms with Gasteiger partial charge in [0, 0.05) is 57.9 Å². The molecule has 4 aromatic rings. The van der Waals surface area contributed by atoms with Crippen molar-refractivity contribution in [3.05, 3.63) is 55.4 Å². The van der Waals surface area contributed by atoms with Crippen LogP contribution in [0.4, 0.5) is 17.5 Å². The van der Waals surface area contributed by atoms with Crippen LogP contribution in [0, 0.1) is 5.92 Å². The molecule has 35 heavy (non-hydrogen) atoms. The van der Waals surface area contributed by atoms with Gasteiger partial charge in [0.05, 0.1) is 23.5 Å². The summed E-state index contributed by atoms with van der Waals surface area (Å²) >= 11 is 0. The Balaban J connectivity index is 1.36. The molecular formula is C24H25N9O2. The van der Waals surface area contributed by atoms with Crippen LogP contribution in [0.15, 0.2) is 55.4 Å². The number of fused-ring (bicyclic) bond motifs is 1. The van der Waals surface area contributed by atoms with Crippen LogP contribution >= 0.6 is 0 Å². The van der Waals surface area contributed by atoms with Crippen LogP contribution in [-0.4, -0.2) is 79.8 Å². The molecule has 0 saturated carbocycles.